The first-order valence-corrected chi connectivity index (χ1v) is 7.57. The van der Waals surface area contributed by atoms with Gasteiger partial charge in [-0.25, -0.2) is 4.98 Å². The fourth-order valence-corrected chi connectivity index (χ4v) is 2.80. The molecule has 3 N–H and O–H groups in total. The van der Waals surface area contributed by atoms with Crippen LogP contribution in [0.1, 0.15) is 40.0 Å². The number of amidine groups is 1. The first-order valence-electron chi connectivity index (χ1n) is 7.57. The third-order valence-corrected chi connectivity index (χ3v) is 4.21. The van der Waals surface area contributed by atoms with E-state index >= 15 is 0 Å². The summed E-state index contributed by atoms with van der Waals surface area (Å²) in [5, 5.41) is 11.9. The summed E-state index contributed by atoms with van der Waals surface area (Å²) in [6.45, 7) is 3.78. The Labute approximate surface area is 139 Å². The molecule has 6 nitrogen and oxygen atoms in total. The predicted octanol–water partition coefficient (Wildman–Crippen LogP) is 2.72. The zero-order chi connectivity index (χ0) is 17.3. The third-order valence-electron chi connectivity index (χ3n) is 4.21. The molecule has 0 saturated carbocycles. The second-order valence-electron chi connectivity index (χ2n) is 5.71. The summed E-state index contributed by atoms with van der Waals surface area (Å²) in [7, 11) is 0. The molecule has 6 heteroatoms. The molecular formula is C18H18N4O2. The minimum Gasteiger partial charge on any atom is -0.409 e. The molecule has 0 fully saturated rings. The molecule has 0 bridgehead atoms. The van der Waals surface area contributed by atoms with Crippen molar-refractivity contribution in [3.63, 3.8) is 0 Å². The highest BCUT2D eigenvalue weighted by Crippen LogP contribution is 2.25. The van der Waals surface area contributed by atoms with Crippen molar-refractivity contribution < 1.29 is 10.0 Å². The van der Waals surface area contributed by atoms with Crippen molar-refractivity contribution >= 4 is 17.3 Å². The van der Waals surface area contributed by atoms with Crippen LogP contribution >= 0.6 is 0 Å². The zero-order valence-corrected chi connectivity index (χ0v) is 13.5. The summed E-state index contributed by atoms with van der Waals surface area (Å²) in [6, 6.07) is 11.0. The average molecular weight is 322 g/mol. The molecule has 122 valence electrons. The highest BCUT2D eigenvalue weighted by atomic mass is 16.4. The van der Waals surface area contributed by atoms with Crippen LogP contribution in [-0.4, -0.2) is 26.2 Å². The summed E-state index contributed by atoms with van der Waals surface area (Å²) < 4.78 is 1.78. The summed E-state index contributed by atoms with van der Waals surface area (Å²) in [5.41, 5.74) is 9.32. The number of ketones is 1. The van der Waals surface area contributed by atoms with E-state index in [-0.39, 0.29) is 17.5 Å². The number of rotatable bonds is 4. The Balaban J connectivity index is 2.02. The number of hydrogen-bond acceptors (Lipinski definition) is 4. The van der Waals surface area contributed by atoms with Crippen molar-refractivity contribution in [3.05, 3.63) is 71.2 Å². The Morgan fingerprint density at radius 2 is 2.12 bits per heavy atom. The van der Waals surface area contributed by atoms with E-state index in [4.69, 9.17) is 10.9 Å². The van der Waals surface area contributed by atoms with E-state index < -0.39 is 0 Å². The van der Waals surface area contributed by atoms with Crippen molar-refractivity contribution in [2.45, 2.75) is 19.8 Å². The Hall–Kier alpha value is -3.15. The highest BCUT2D eigenvalue weighted by Gasteiger charge is 2.22. The standard InChI is InChI=1S/C18H18N4O2/c1-11-6-7-13(18(19)21-24)9-14(11)12(2)17(23)15-10-20-16-5-3-4-8-22(15)16/h3-10,12,24H,1-2H3,(H2,19,21). The number of imidazole rings is 1. The number of carbonyl (C=O) groups excluding carboxylic acids is 1. The number of hydrogen-bond donors (Lipinski definition) is 2. The smallest absolute Gasteiger partial charge is 0.188 e. The highest BCUT2D eigenvalue weighted by molar-refractivity contribution is 6.01. The SMILES string of the molecule is Cc1ccc(/C(N)=N/O)cc1C(C)C(=O)c1cnc2ccccn12. The summed E-state index contributed by atoms with van der Waals surface area (Å²) in [4.78, 5) is 17.2. The normalized spacial score (nSPS) is 13.2. The molecule has 1 unspecified atom stereocenters. The Morgan fingerprint density at radius 3 is 2.88 bits per heavy atom. The number of fused-ring (bicyclic) bond motifs is 1. The molecule has 0 aliphatic heterocycles. The summed E-state index contributed by atoms with van der Waals surface area (Å²) >= 11 is 0. The number of aryl methyl sites for hydroxylation is 1. The average Bonchev–Trinajstić information content (AvgIpc) is 3.04. The number of aromatic nitrogens is 2. The van der Waals surface area contributed by atoms with E-state index in [1.165, 1.54) is 0 Å². The van der Waals surface area contributed by atoms with Gasteiger partial charge in [-0.15, -0.1) is 0 Å². The molecule has 2 heterocycles. The van der Waals surface area contributed by atoms with E-state index in [2.05, 4.69) is 10.1 Å². The number of oxime groups is 1. The lowest BCUT2D eigenvalue weighted by molar-refractivity contribution is 0.0960. The van der Waals surface area contributed by atoms with Crippen LogP contribution in [0.15, 0.2) is 53.9 Å². The second kappa shape index (κ2) is 6.16. The lowest BCUT2D eigenvalue weighted by Gasteiger charge is -2.15. The van der Waals surface area contributed by atoms with Crippen LogP contribution in [0.5, 0.6) is 0 Å². The number of Topliss-reactive ketones (excluding diaryl/α,β-unsaturated/α-hetero) is 1. The van der Waals surface area contributed by atoms with E-state index in [1.807, 2.05) is 44.3 Å². The summed E-state index contributed by atoms with van der Waals surface area (Å²) in [6.07, 6.45) is 3.42. The van der Waals surface area contributed by atoms with Crippen LogP contribution in [0.2, 0.25) is 0 Å². The van der Waals surface area contributed by atoms with Gasteiger partial charge in [0.05, 0.1) is 6.20 Å². The van der Waals surface area contributed by atoms with Gasteiger partial charge in [0.2, 0.25) is 0 Å². The van der Waals surface area contributed by atoms with Gasteiger partial charge in [-0.2, -0.15) is 0 Å². The topological polar surface area (TPSA) is 93.0 Å². The van der Waals surface area contributed by atoms with Gasteiger partial charge in [-0.05, 0) is 36.2 Å². The lowest BCUT2D eigenvalue weighted by Crippen LogP contribution is -2.16. The third kappa shape index (κ3) is 2.62. The largest absolute Gasteiger partial charge is 0.409 e. The van der Waals surface area contributed by atoms with E-state index in [0.29, 0.717) is 11.3 Å². The van der Waals surface area contributed by atoms with Crippen molar-refractivity contribution in [1.29, 1.82) is 0 Å². The molecule has 0 spiro atoms. The van der Waals surface area contributed by atoms with Crippen LogP contribution in [0.25, 0.3) is 5.65 Å². The first kappa shape index (κ1) is 15.7. The van der Waals surface area contributed by atoms with E-state index in [9.17, 15) is 4.79 Å². The molecule has 24 heavy (non-hydrogen) atoms. The molecule has 0 aliphatic carbocycles. The van der Waals surface area contributed by atoms with Gasteiger partial charge in [0.15, 0.2) is 11.6 Å². The molecular weight excluding hydrogens is 304 g/mol. The number of benzene rings is 1. The predicted molar refractivity (Wildman–Crippen MR) is 91.6 cm³/mol. The van der Waals surface area contributed by atoms with Crippen molar-refractivity contribution in [3.8, 4) is 0 Å². The zero-order valence-electron chi connectivity index (χ0n) is 13.5. The maximum absolute atomic E-state index is 13.0. The molecule has 0 saturated heterocycles. The minimum absolute atomic E-state index is 0.0192. The van der Waals surface area contributed by atoms with E-state index in [1.54, 1.807) is 22.7 Å². The molecule has 1 atom stereocenters. The Bertz CT molecular complexity index is 943. The molecule has 2 aromatic heterocycles. The van der Waals surface area contributed by atoms with Crippen LogP contribution in [0, 0.1) is 6.92 Å². The Morgan fingerprint density at radius 1 is 1.33 bits per heavy atom. The maximum atomic E-state index is 13.0. The van der Waals surface area contributed by atoms with Gasteiger partial charge in [-0.1, -0.05) is 30.3 Å². The molecule has 0 amide bonds. The van der Waals surface area contributed by atoms with Crippen LogP contribution in [-0.2, 0) is 0 Å². The van der Waals surface area contributed by atoms with Gasteiger partial charge < -0.3 is 10.9 Å². The number of pyridine rings is 1. The van der Waals surface area contributed by atoms with Crippen LogP contribution < -0.4 is 5.73 Å². The van der Waals surface area contributed by atoms with Gasteiger partial charge in [-0.3, -0.25) is 9.20 Å². The lowest BCUT2D eigenvalue weighted by atomic mass is 9.90. The van der Waals surface area contributed by atoms with Gasteiger partial charge in [0.1, 0.15) is 11.3 Å². The molecule has 1 aromatic carbocycles. The molecule has 0 radical (unpaired) electrons. The van der Waals surface area contributed by atoms with Crippen LogP contribution in [0.3, 0.4) is 0 Å². The van der Waals surface area contributed by atoms with Crippen molar-refractivity contribution in [2.75, 3.05) is 0 Å². The van der Waals surface area contributed by atoms with Crippen molar-refractivity contribution in [1.82, 2.24) is 9.38 Å². The van der Waals surface area contributed by atoms with E-state index in [0.717, 1.165) is 16.8 Å². The molecule has 0 aliphatic rings. The summed E-state index contributed by atoms with van der Waals surface area (Å²) in [5.74, 6) is -0.393. The number of carbonyl (C=O) groups is 1. The number of nitrogens with two attached hydrogens (primary N) is 1. The number of nitrogens with zero attached hydrogens (tertiary/aromatic N) is 3. The van der Waals surface area contributed by atoms with Gasteiger partial charge >= 0.3 is 0 Å². The van der Waals surface area contributed by atoms with Crippen LogP contribution in [0.4, 0.5) is 0 Å². The molecule has 3 rings (SSSR count). The maximum Gasteiger partial charge on any atom is 0.188 e. The van der Waals surface area contributed by atoms with Gasteiger partial charge in [0, 0.05) is 17.7 Å². The second-order valence-corrected chi connectivity index (χ2v) is 5.71. The minimum atomic E-state index is -0.378. The molecule has 3 aromatic rings. The fraction of sp³-hybridized carbons (Fsp3) is 0.167. The quantitative estimate of drug-likeness (QED) is 0.254. The Kier molecular flexibility index (Phi) is 4.04. The van der Waals surface area contributed by atoms with Gasteiger partial charge in [0.25, 0.3) is 0 Å². The van der Waals surface area contributed by atoms with Crippen molar-refractivity contribution in [2.24, 2.45) is 10.9 Å². The monoisotopic (exact) mass is 322 g/mol. The fourth-order valence-electron chi connectivity index (χ4n) is 2.80. The first-order chi connectivity index (χ1) is 11.5.